The summed E-state index contributed by atoms with van der Waals surface area (Å²) in [4.78, 5) is 0. The normalized spacial score (nSPS) is 24.9. The van der Waals surface area contributed by atoms with Crippen LogP contribution in [0.3, 0.4) is 0 Å². The smallest absolute Gasteiger partial charge is 0.0314 e. The molecule has 1 aromatic carbocycles. The molecule has 1 saturated carbocycles. The van der Waals surface area contributed by atoms with Gasteiger partial charge in [0.15, 0.2) is 0 Å². The Balaban J connectivity index is 2.40. The lowest BCUT2D eigenvalue weighted by Gasteiger charge is -2.46. The van der Waals surface area contributed by atoms with E-state index in [1.54, 1.807) is 5.57 Å². The molecule has 0 spiro atoms. The van der Waals surface area contributed by atoms with Crippen molar-refractivity contribution >= 4 is 5.69 Å². The van der Waals surface area contributed by atoms with Crippen LogP contribution in [0, 0.1) is 0 Å². The zero-order valence-corrected chi connectivity index (χ0v) is 11.5. The van der Waals surface area contributed by atoms with E-state index in [9.17, 15) is 0 Å². The molecule has 1 aromatic rings. The molecule has 2 rings (SSSR count). The average Bonchev–Trinajstić information content (AvgIpc) is 2.32. The lowest BCUT2D eigenvalue weighted by molar-refractivity contribution is 0.354. The van der Waals surface area contributed by atoms with Crippen LogP contribution in [0.5, 0.6) is 0 Å². The number of benzene rings is 1. The van der Waals surface area contributed by atoms with Crippen LogP contribution in [-0.4, -0.2) is 0 Å². The van der Waals surface area contributed by atoms with Crippen LogP contribution in [-0.2, 0) is 5.41 Å². The molecular formula is C17H23N. The van der Waals surface area contributed by atoms with Crippen LogP contribution in [0.4, 0.5) is 5.69 Å². The van der Waals surface area contributed by atoms with Crippen molar-refractivity contribution in [1.82, 2.24) is 0 Å². The summed E-state index contributed by atoms with van der Waals surface area (Å²) in [7, 11) is 0. The van der Waals surface area contributed by atoms with E-state index in [1.807, 2.05) is 12.1 Å². The van der Waals surface area contributed by atoms with Crippen molar-refractivity contribution in [1.29, 1.82) is 0 Å². The van der Waals surface area contributed by atoms with Crippen molar-refractivity contribution in [2.75, 3.05) is 5.73 Å². The van der Waals surface area contributed by atoms with Gasteiger partial charge in [0.2, 0.25) is 0 Å². The van der Waals surface area contributed by atoms with Crippen LogP contribution in [0.25, 0.3) is 0 Å². The molecule has 0 saturated heterocycles. The number of hydrogen-bond acceptors (Lipinski definition) is 1. The van der Waals surface area contributed by atoms with Crippen LogP contribution >= 0.6 is 0 Å². The van der Waals surface area contributed by atoms with Crippen LogP contribution in [0.1, 0.15) is 45.1 Å². The Bertz CT molecular complexity index is 467. The zero-order chi connectivity index (χ0) is 13.2. The molecule has 1 aliphatic rings. The summed E-state index contributed by atoms with van der Waals surface area (Å²) in [6, 6.07) is 8.39. The minimum absolute atomic E-state index is 0.204. The van der Waals surface area contributed by atoms with Gasteiger partial charge < -0.3 is 5.73 Å². The number of nitrogen functional groups attached to an aromatic ring is 1. The molecule has 0 unspecified atom stereocenters. The second kappa shape index (κ2) is 5.01. The fourth-order valence-electron chi connectivity index (χ4n) is 3.07. The van der Waals surface area contributed by atoms with E-state index in [0.29, 0.717) is 0 Å². The predicted octanol–water partition coefficient (Wildman–Crippen LogP) is 4.60. The first-order valence-corrected chi connectivity index (χ1v) is 6.78. The predicted molar refractivity (Wildman–Crippen MR) is 79.6 cm³/mol. The second-order valence-corrected chi connectivity index (χ2v) is 5.48. The van der Waals surface area contributed by atoms with E-state index >= 15 is 0 Å². The van der Waals surface area contributed by atoms with Gasteiger partial charge in [0.1, 0.15) is 0 Å². The Labute approximate surface area is 110 Å². The molecule has 0 aliphatic heterocycles. The van der Waals surface area contributed by atoms with Crippen molar-refractivity contribution in [3.8, 4) is 0 Å². The van der Waals surface area contributed by atoms with E-state index in [0.717, 1.165) is 18.5 Å². The molecule has 18 heavy (non-hydrogen) atoms. The van der Waals surface area contributed by atoms with Crippen molar-refractivity contribution < 1.29 is 0 Å². The number of allylic oxidation sites excluding steroid dienone is 3. The zero-order valence-electron chi connectivity index (χ0n) is 11.5. The van der Waals surface area contributed by atoms with E-state index in [2.05, 4.69) is 38.6 Å². The number of nitrogens with two attached hydrogens (primary N) is 1. The van der Waals surface area contributed by atoms with Gasteiger partial charge in [-0.1, -0.05) is 36.3 Å². The summed E-state index contributed by atoms with van der Waals surface area (Å²) in [6.45, 7) is 8.44. The Kier molecular flexibility index (Phi) is 3.60. The van der Waals surface area contributed by atoms with Crippen LogP contribution < -0.4 is 5.73 Å². The van der Waals surface area contributed by atoms with Crippen molar-refractivity contribution in [2.45, 2.75) is 44.9 Å². The van der Waals surface area contributed by atoms with Crippen molar-refractivity contribution in [3.63, 3.8) is 0 Å². The SMILES string of the molecule is C=C(C)C[C@]1(c2ccc(N)cc2)CC/C1=C\CC. The van der Waals surface area contributed by atoms with Gasteiger partial charge in [-0.05, 0) is 50.3 Å². The third-order valence-electron chi connectivity index (χ3n) is 3.95. The molecule has 0 heterocycles. The number of hydrogen-bond donors (Lipinski definition) is 1. The van der Waals surface area contributed by atoms with Gasteiger partial charge in [0.05, 0.1) is 0 Å². The molecular weight excluding hydrogens is 218 g/mol. The van der Waals surface area contributed by atoms with Gasteiger partial charge >= 0.3 is 0 Å². The topological polar surface area (TPSA) is 26.0 Å². The van der Waals surface area contributed by atoms with Gasteiger partial charge in [-0.2, -0.15) is 0 Å². The summed E-state index contributed by atoms with van der Waals surface area (Å²) >= 11 is 0. The first kappa shape index (κ1) is 12.9. The largest absolute Gasteiger partial charge is 0.399 e. The monoisotopic (exact) mass is 241 g/mol. The Morgan fingerprint density at radius 1 is 1.39 bits per heavy atom. The first-order chi connectivity index (χ1) is 8.58. The maximum Gasteiger partial charge on any atom is 0.0314 e. The average molecular weight is 241 g/mol. The first-order valence-electron chi connectivity index (χ1n) is 6.78. The number of rotatable bonds is 4. The Morgan fingerprint density at radius 2 is 2.06 bits per heavy atom. The van der Waals surface area contributed by atoms with Gasteiger partial charge in [-0.15, -0.1) is 6.58 Å². The lowest BCUT2D eigenvalue weighted by Crippen LogP contribution is -2.37. The summed E-state index contributed by atoms with van der Waals surface area (Å²) < 4.78 is 0. The minimum atomic E-state index is 0.204. The van der Waals surface area contributed by atoms with E-state index in [1.165, 1.54) is 24.0 Å². The van der Waals surface area contributed by atoms with Gasteiger partial charge in [0, 0.05) is 11.1 Å². The summed E-state index contributed by atoms with van der Waals surface area (Å²) in [5, 5.41) is 0. The fourth-order valence-corrected chi connectivity index (χ4v) is 3.07. The molecule has 1 atom stereocenters. The van der Waals surface area contributed by atoms with Gasteiger partial charge in [-0.25, -0.2) is 0 Å². The molecule has 96 valence electrons. The number of anilines is 1. The highest BCUT2D eigenvalue weighted by Crippen LogP contribution is 2.52. The Morgan fingerprint density at radius 3 is 2.50 bits per heavy atom. The Hall–Kier alpha value is -1.50. The highest BCUT2D eigenvalue weighted by molar-refractivity contribution is 5.48. The third kappa shape index (κ3) is 2.22. The standard InChI is InChI=1S/C17H23N/c1-4-5-14-10-11-17(14,12-13(2)3)15-6-8-16(18)9-7-15/h5-9H,2,4,10-12,18H2,1,3H3/b14-5+/t17-/m1/s1. The van der Waals surface area contributed by atoms with Crippen molar-refractivity contribution in [3.05, 3.63) is 53.6 Å². The van der Waals surface area contributed by atoms with Gasteiger partial charge in [-0.3, -0.25) is 0 Å². The quantitative estimate of drug-likeness (QED) is 0.605. The summed E-state index contributed by atoms with van der Waals surface area (Å²) in [5.41, 5.74) is 11.1. The maximum absolute atomic E-state index is 5.79. The molecule has 0 aromatic heterocycles. The van der Waals surface area contributed by atoms with Crippen LogP contribution in [0.2, 0.25) is 0 Å². The minimum Gasteiger partial charge on any atom is -0.399 e. The highest BCUT2D eigenvalue weighted by atomic mass is 14.5. The molecule has 1 nitrogen and oxygen atoms in total. The van der Waals surface area contributed by atoms with E-state index in [-0.39, 0.29) is 5.41 Å². The molecule has 1 fully saturated rings. The molecule has 1 heteroatoms. The van der Waals surface area contributed by atoms with Crippen LogP contribution in [0.15, 0.2) is 48.1 Å². The lowest BCUT2D eigenvalue weighted by atomic mass is 9.58. The molecule has 0 amide bonds. The molecule has 0 radical (unpaired) electrons. The van der Waals surface area contributed by atoms with Gasteiger partial charge in [0.25, 0.3) is 0 Å². The van der Waals surface area contributed by atoms with E-state index < -0.39 is 0 Å². The molecule has 0 bridgehead atoms. The second-order valence-electron chi connectivity index (χ2n) is 5.48. The third-order valence-corrected chi connectivity index (χ3v) is 3.95. The molecule has 2 N–H and O–H groups in total. The summed E-state index contributed by atoms with van der Waals surface area (Å²) in [5.74, 6) is 0. The summed E-state index contributed by atoms with van der Waals surface area (Å²) in [6.07, 6.45) is 7.02. The highest BCUT2D eigenvalue weighted by Gasteiger charge is 2.42. The van der Waals surface area contributed by atoms with Crippen molar-refractivity contribution in [2.24, 2.45) is 0 Å². The maximum atomic E-state index is 5.79. The fraction of sp³-hybridized carbons (Fsp3) is 0.412. The molecule has 1 aliphatic carbocycles. The van der Waals surface area contributed by atoms with E-state index in [4.69, 9.17) is 5.73 Å².